The van der Waals surface area contributed by atoms with Gasteiger partial charge in [0.15, 0.2) is 0 Å². The normalized spacial score (nSPS) is 29.8. The highest BCUT2D eigenvalue weighted by Gasteiger charge is 2.32. The quantitative estimate of drug-likeness (QED) is 0.731. The van der Waals surface area contributed by atoms with E-state index in [9.17, 15) is 4.79 Å². The first kappa shape index (κ1) is 11.7. The van der Waals surface area contributed by atoms with Gasteiger partial charge in [0.1, 0.15) is 6.61 Å². The monoisotopic (exact) mass is 228 g/mol. The van der Waals surface area contributed by atoms with Crippen LogP contribution in [0.15, 0.2) is 0 Å². The van der Waals surface area contributed by atoms with Gasteiger partial charge in [-0.2, -0.15) is 0 Å². The molecule has 0 radical (unpaired) electrons. The van der Waals surface area contributed by atoms with Crippen molar-refractivity contribution in [1.82, 2.24) is 10.2 Å². The molecule has 2 atom stereocenters. The van der Waals surface area contributed by atoms with E-state index in [0.29, 0.717) is 6.04 Å². The Morgan fingerprint density at radius 3 is 3.12 bits per heavy atom. The fourth-order valence-electron chi connectivity index (χ4n) is 2.70. The molecule has 2 saturated heterocycles. The molecule has 0 saturated carbocycles. The Kier molecular flexibility index (Phi) is 4.01. The lowest BCUT2D eigenvalue weighted by Gasteiger charge is -2.34. The number of amides is 1. The maximum atomic E-state index is 11.3. The highest BCUT2D eigenvalue weighted by atomic mass is 16.6. The molecule has 2 heterocycles. The van der Waals surface area contributed by atoms with Gasteiger partial charge < -0.3 is 20.1 Å². The Morgan fingerprint density at radius 2 is 2.31 bits per heavy atom. The van der Waals surface area contributed by atoms with Gasteiger partial charge in [-0.15, -0.1) is 0 Å². The summed E-state index contributed by atoms with van der Waals surface area (Å²) in [6.07, 6.45) is 4.18. The zero-order chi connectivity index (χ0) is 11.4. The summed E-state index contributed by atoms with van der Waals surface area (Å²) in [6.45, 7) is 2.25. The largest absolute Gasteiger partial charge is 0.447 e. The van der Waals surface area contributed by atoms with Crippen LogP contribution in [-0.2, 0) is 4.74 Å². The Morgan fingerprint density at radius 1 is 1.44 bits per heavy atom. The number of carbonyl (C=O) groups is 1. The summed E-state index contributed by atoms with van der Waals surface area (Å²) in [5, 5.41) is 11.4. The van der Waals surface area contributed by atoms with Crippen LogP contribution in [0.25, 0.3) is 0 Å². The lowest BCUT2D eigenvalue weighted by Crippen LogP contribution is -2.47. The number of carbonyl (C=O) groups excluding carboxylic acids is 1. The van der Waals surface area contributed by atoms with Crippen molar-refractivity contribution in [3.05, 3.63) is 0 Å². The van der Waals surface area contributed by atoms with Gasteiger partial charge in [0, 0.05) is 18.6 Å². The second-order valence-electron chi connectivity index (χ2n) is 4.56. The Bertz CT molecular complexity index is 247. The van der Waals surface area contributed by atoms with Gasteiger partial charge in [0.05, 0.1) is 6.61 Å². The maximum absolute atomic E-state index is 11.3. The minimum Gasteiger partial charge on any atom is -0.447 e. The molecule has 1 amide bonds. The van der Waals surface area contributed by atoms with Crippen LogP contribution in [0.1, 0.15) is 25.7 Å². The van der Waals surface area contributed by atoms with Crippen molar-refractivity contribution < 1.29 is 14.6 Å². The van der Waals surface area contributed by atoms with E-state index in [4.69, 9.17) is 9.84 Å². The molecule has 2 aliphatic rings. The van der Waals surface area contributed by atoms with Crippen LogP contribution in [-0.4, -0.2) is 54.5 Å². The summed E-state index contributed by atoms with van der Waals surface area (Å²) < 4.78 is 4.79. The van der Waals surface area contributed by atoms with Crippen LogP contribution >= 0.6 is 0 Å². The van der Waals surface area contributed by atoms with Crippen molar-refractivity contribution in [3.8, 4) is 0 Å². The SMILES string of the molecule is O=C(NC1CCN2CCCC2C1)OCCO. The van der Waals surface area contributed by atoms with Crippen molar-refractivity contribution in [2.75, 3.05) is 26.3 Å². The predicted octanol–water partition coefficient (Wildman–Crippen LogP) is 0.332. The molecule has 0 aromatic carbocycles. The molecule has 0 spiro atoms. The van der Waals surface area contributed by atoms with E-state index < -0.39 is 6.09 Å². The smallest absolute Gasteiger partial charge is 0.407 e. The van der Waals surface area contributed by atoms with E-state index in [2.05, 4.69) is 10.2 Å². The number of ether oxygens (including phenoxy) is 1. The zero-order valence-corrected chi connectivity index (χ0v) is 9.52. The van der Waals surface area contributed by atoms with Crippen molar-refractivity contribution in [1.29, 1.82) is 0 Å². The molecule has 16 heavy (non-hydrogen) atoms. The number of alkyl carbamates (subject to hydrolysis) is 1. The van der Waals surface area contributed by atoms with Crippen LogP contribution in [0.5, 0.6) is 0 Å². The highest BCUT2D eigenvalue weighted by molar-refractivity contribution is 5.67. The molecule has 2 aliphatic heterocycles. The molecule has 2 N–H and O–H groups in total. The number of piperidine rings is 1. The maximum Gasteiger partial charge on any atom is 0.407 e. The number of aliphatic hydroxyl groups is 1. The van der Waals surface area contributed by atoms with E-state index in [1.807, 2.05) is 0 Å². The first-order valence-corrected chi connectivity index (χ1v) is 6.08. The van der Waals surface area contributed by atoms with Gasteiger partial charge in [0.2, 0.25) is 0 Å². The van der Waals surface area contributed by atoms with E-state index in [1.54, 1.807) is 0 Å². The average Bonchev–Trinajstić information content (AvgIpc) is 2.73. The van der Waals surface area contributed by atoms with Gasteiger partial charge in [0.25, 0.3) is 0 Å². The fraction of sp³-hybridized carbons (Fsp3) is 0.909. The number of fused-ring (bicyclic) bond motifs is 1. The number of nitrogens with one attached hydrogen (secondary N) is 1. The average molecular weight is 228 g/mol. The summed E-state index contributed by atoms with van der Waals surface area (Å²) in [5.41, 5.74) is 0. The van der Waals surface area contributed by atoms with Crippen molar-refractivity contribution >= 4 is 6.09 Å². The number of rotatable bonds is 3. The molecule has 2 rings (SSSR count). The second-order valence-corrected chi connectivity index (χ2v) is 4.56. The first-order chi connectivity index (χ1) is 7.79. The van der Waals surface area contributed by atoms with Crippen LogP contribution in [0.4, 0.5) is 4.79 Å². The van der Waals surface area contributed by atoms with Gasteiger partial charge in [-0.1, -0.05) is 0 Å². The summed E-state index contributed by atoms with van der Waals surface area (Å²) in [6, 6.07) is 0.891. The van der Waals surface area contributed by atoms with E-state index in [0.717, 1.165) is 19.4 Å². The third-order valence-corrected chi connectivity index (χ3v) is 3.47. The lowest BCUT2D eigenvalue weighted by atomic mass is 9.98. The molecular weight excluding hydrogens is 208 g/mol. The molecular formula is C11H20N2O3. The summed E-state index contributed by atoms with van der Waals surface area (Å²) in [7, 11) is 0. The molecule has 92 valence electrons. The number of hydrogen-bond acceptors (Lipinski definition) is 4. The topological polar surface area (TPSA) is 61.8 Å². The van der Waals surface area contributed by atoms with E-state index in [-0.39, 0.29) is 19.3 Å². The minimum absolute atomic E-state index is 0.0775. The molecule has 0 aromatic rings. The van der Waals surface area contributed by atoms with Crippen molar-refractivity contribution in [2.45, 2.75) is 37.8 Å². The molecule has 2 fully saturated rings. The predicted molar refractivity (Wildman–Crippen MR) is 59.2 cm³/mol. The van der Waals surface area contributed by atoms with Crippen LogP contribution < -0.4 is 5.32 Å². The zero-order valence-electron chi connectivity index (χ0n) is 9.52. The number of aliphatic hydroxyl groups excluding tert-OH is 1. The van der Waals surface area contributed by atoms with Crippen LogP contribution in [0.3, 0.4) is 0 Å². The molecule has 5 nitrogen and oxygen atoms in total. The summed E-state index contributed by atoms with van der Waals surface area (Å²) >= 11 is 0. The third-order valence-electron chi connectivity index (χ3n) is 3.47. The molecule has 2 unspecified atom stereocenters. The van der Waals surface area contributed by atoms with Gasteiger partial charge in [-0.3, -0.25) is 0 Å². The Balaban J connectivity index is 1.72. The van der Waals surface area contributed by atoms with Crippen LogP contribution in [0, 0.1) is 0 Å². The first-order valence-electron chi connectivity index (χ1n) is 6.08. The number of hydrogen-bond donors (Lipinski definition) is 2. The number of nitrogens with zero attached hydrogens (tertiary/aromatic N) is 1. The summed E-state index contributed by atoms with van der Waals surface area (Å²) in [5.74, 6) is 0. The third kappa shape index (κ3) is 2.86. The Labute approximate surface area is 95.8 Å². The van der Waals surface area contributed by atoms with Crippen molar-refractivity contribution in [2.24, 2.45) is 0 Å². The molecule has 5 heteroatoms. The summed E-state index contributed by atoms with van der Waals surface area (Å²) in [4.78, 5) is 13.8. The minimum atomic E-state index is -0.398. The second kappa shape index (κ2) is 5.50. The molecule has 0 bridgehead atoms. The van der Waals surface area contributed by atoms with Crippen LogP contribution in [0.2, 0.25) is 0 Å². The lowest BCUT2D eigenvalue weighted by molar-refractivity contribution is 0.107. The van der Waals surface area contributed by atoms with Gasteiger partial charge in [-0.05, 0) is 32.2 Å². The standard InChI is InChI=1S/C11H20N2O3/c14-6-7-16-11(15)12-9-3-5-13-4-1-2-10(13)8-9/h9-10,14H,1-8H2,(H,12,15). The van der Waals surface area contributed by atoms with Gasteiger partial charge in [-0.25, -0.2) is 4.79 Å². The Hall–Kier alpha value is -0.810. The van der Waals surface area contributed by atoms with E-state index >= 15 is 0 Å². The van der Waals surface area contributed by atoms with Crippen molar-refractivity contribution in [3.63, 3.8) is 0 Å². The van der Waals surface area contributed by atoms with E-state index in [1.165, 1.54) is 19.4 Å². The molecule has 0 aliphatic carbocycles. The van der Waals surface area contributed by atoms with Gasteiger partial charge >= 0.3 is 6.09 Å². The highest BCUT2D eigenvalue weighted by Crippen LogP contribution is 2.26. The fourth-order valence-corrected chi connectivity index (χ4v) is 2.70. The molecule has 0 aromatic heterocycles.